The van der Waals surface area contributed by atoms with Gasteiger partial charge in [-0.15, -0.1) is 0 Å². The summed E-state index contributed by atoms with van der Waals surface area (Å²) in [4.78, 5) is 4.28. The van der Waals surface area contributed by atoms with E-state index in [0.717, 1.165) is 31.9 Å². The number of ether oxygens (including phenoxy) is 1. The van der Waals surface area contributed by atoms with Crippen LogP contribution in [0.4, 0.5) is 0 Å². The van der Waals surface area contributed by atoms with Gasteiger partial charge in [0.15, 0.2) is 0 Å². The molecule has 0 aromatic carbocycles. The molecular formula is C12H18N2O. The Labute approximate surface area is 90.9 Å². The first-order chi connectivity index (χ1) is 7.20. The smallest absolute Gasteiger partial charge is 0.0646 e. The number of hydrogen-bond donors (Lipinski definition) is 1. The highest BCUT2D eigenvalue weighted by atomic mass is 16.5. The van der Waals surface area contributed by atoms with Gasteiger partial charge in [-0.3, -0.25) is 4.98 Å². The van der Waals surface area contributed by atoms with Crippen LogP contribution in [-0.4, -0.2) is 23.7 Å². The van der Waals surface area contributed by atoms with Crippen molar-refractivity contribution < 1.29 is 4.74 Å². The second kappa shape index (κ2) is 4.29. The van der Waals surface area contributed by atoms with Crippen LogP contribution in [0, 0.1) is 6.92 Å². The summed E-state index contributed by atoms with van der Waals surface area (Å²) in [6.07, 6.45) is 2.92. The van der Waals surface area contributed by atoms with E-state index in [0.29, 0.717) is 0 Å². The molecule has 1 N–H and O–H groups in total. The number of pyridine rings is 1. The summed E-state index contributed by atoms with van der Waals surface area (Å²) in [7, 11) is 0. The van der Waals surface area contributed by atoms with Gasteiger partial charge in [0.05, 0.1) is 6.61 Å². The quantitative estimate of drug-likeness (QED) is 0.816. The maximum atomic E-state index is 5.40. The first-order valence-corrected chi connectivity index (χ1v) is 5.43. The number of aryl methyl sites for hydroxylation is 1. The van der Waals surface area contributed by atoms with E-state index in [1.807, 2.05) is 19.2 Å². The zero-order valence-corrected chi connectivity index (χ0v) is 9.42. The fourth-order valence-electron chi connectivity index (χ4n) is 1.82. The zero-order valence-electron chi connectivity index (χ0n) is 9.42. The van der Waals surface area contributed by atoms with Gasteiger partial charge in [0.25, 0.3) is 0 Å². The van der Waals surface area contributed by atoms with Gasteiger partial charge in [0, 0.05) is 30.6 Å². The van der Waals surface area contributed by atoms with Crippen LogP contribution in [0.3, 0.4) is 0 Å². The molecule has 0 amide bonds. The van der Waals surface area contributed by atoms with Crippen molar-refractivity contribution in [3.05, 3.63) is 29.6 Å². The molecule has 0 saturated carbocycles. The molecule has 0 bridgehead atoms. The highest BCUT2D eigenvalue weighted by Crippen LogP contribution is 2.18. The Morgan fingerprint density at radius 2 is 2.47 bits per heavy atom. The second-order valence-electron chi connectivity index (χ2n) is 4.46. The SMILES string of the molecule is Cc1ncccc1CNC1(C)CCOC1. The molecule has 82 valence electrons. The largest absolute Gasteiger partial charge is 0.379 e. The van der Waals surface area contributed by atoms with E-state index in [4.69, 9.17) is 4.74 Å². The molecular weight excluding hydrogens is 188 g/mol. The first kappa shape index (κ1) is 10.6. The van der Waals surface area contributed by atoms with Crippen LogP contribution in [0.25, 0.3) is 0 Å². The van der Waals surface area contributed by atoms with Gasteiger partial charge < -0.3 is 10.1 Å². The van der Waals surface area contributed by atoms with Gasteiger partial charge in [-0.25, -0.2) is 0 Å². The Morgan fingerprint density at radius 1 is 1.60 bits per heavy atom. The van der Waals surface area contributed by atoms with Crippen LogP contribution in [-0.2, 0) is 11.3 Å². The van der Waals surface area contributed by atoms with Crippen LogP contribution in [0.15, 0.2) is 18.3 Å². The highest BCUT2D eigenvalue weighted by Gasteiger charge is 2.28. The fourth-order valence-corrected chi connectivity index (χ4v) is 1.82. The number of rotatable bonds is 3. The molecule has 0 spiro atoms. The van der Waals surface area contributed by atoms with E-state index in [1.54, 1.807) is 0 Å². The molecule has 2 heterocycles. The van der Waals surface area contributed by atoms with Gasteiger partial charge in [-0.2, -0.15) is 0 Å². The van der Waals surface area contributed by atoms with Gasteiger partial charge in [-0.1, -0.05) is 6.07 Å². The van der Waals surface area contributed by atoms with E-state index in [2.05, 4.69) is 23.3 Å². The van der Waals surface area contributed by atoms with E-state index < -0.39 is 0 Å². The number of nitrogens with one attached hydrogen (secondary N) is 1. The molecule has 1 aromatic heterocycles. The molecule has 1 unspecified atom stereocenters. The monoisotopic (exact) mass is 206 g/mol. The lowest BCUT2D eigenvalue weighted by Crippen LogP contribution is -2.42. The van der Waals surface area contributed by atoms with Crippen molar-refractivity contribution >= 4 is 0 Å². The zero-order chi connectivity index (χ0) is 10.7. The molecule has 0 radical (unpaired) electrons. The Bertz CT molecular complexity index is 332. The van der Waals surface area contributed by atoms with Crippen molar-refractivity contribution in [2.45, 2.75) is 32.4 Å². The molecule has 3 heteroatoms. The predicted molar refractivity (Wildman–Crippen MR) is 59.7 cm³/mol. The summed E-state index contributed by atoms with van der Waals surface area (Å²) in [5, 5.41) is 3.55. The van der Waals surface area contributed by atoms with Gasteiger partial charge >= 0.3 is 0 Å². The first-order valence-electron chi connectivity index (χ1n) is 5.43. The second-order valence-corrected chi connectivity index (χ2v) is 4.46. The molecule has 1 atom stereocenters. The fraction of sp³-hybridized carbons (Fsp3) is 0.583. The minimum atomic E-state index is 0.141. The molecule has 2 rings (SSSR count). The van der Waals surface area contributed by atoms with Crippen molar-refractivity contribution in [1.82, 2.24) is 10.3 Å². The molecule has 1 aliphatic heterocycles. The average Bonchev–Trinajstić information content (AvgIpc) is 2.65. The van der Waals surface area contributed by atoms with E-state index in [-0.39, 0.29) is 5.54 Å². The lowest BCUT2D eigenvalue weighted by Gasteiger charge is -2.23. The summed E-state index contributed by atoms with van der Waals surface area (Å²) in [5.74, 6) is 0. The van der Waals surface area contributed by atoms with E-state index in [9.17, 15) is 0 Å². The molecule has 3 nitrogen and oxygen atoms in total. The number of aromatic nitrogens is 1. The minimum absolute atomic E-state index is 0.141. The van der Waals surface area contributed by atoms with Crippen molar-refractivity contribution in [2.75, 3.05) is 13.2 Å². The summed E-state index contributed by atoms with van der Waals surface area (Å²) in [5.41, 5.74) is 2.51. The summed E-state index contributed by atoms with van der Waals surface area (Å²) in [6, 6.07) is 4.10. The lowest BCUT2D eigenvalue weighted by atomic mass is 10.0. The van der Waals surface area contributed by atoms with Crippen LogP contribution < -0.4 is 5.32 Å². The third kappa shape index (κ3) is 2.55. The predicted octanol–water partition coefficient (Wildman–Crippen LogP) is 1.66. The Balaban J connectivity index is 1.95. The summed E-state index contributed by atoms with van der Waals surface area (Å²) in [6.45, 7) is 6.82. The lowest BCUT2D eigenvalue weighted by molar-refractivity contribution is 0.171. The maximum Gasteiger partial charge on any atom is 0.0646 e. The van der Waals surface area contributed by atoms with Crippen LogP contribution in [0.1, 0.15) is 24.6 Å². The summed E-state index contributed by atoms with van der Waals surface area (Å²) >= 11 is 0. The number of nitrogens with zero attached hydrogens (tertiary/aromatic N) is 1. The molecule has 1 fully saturated rings. The van der Waals surface area contributed by atoms with Crippen LogP contribution in [0.2, 0.25) is 0 Å². The van der Waals surface area contributed by atoms with Crippen LogP contribution in [0.5, 0.6) is 0 Å². The third-order valence-corrected chi connectivity index (χ3v) is 3.04. The Kier molecular flexibility index (Phi) is 3.03. The molecule has 1 aliphatic rings. The average molecular weight is 206 g/mol. The minimum Gasteiger partial charge on any atom is -0.379 e. The van der Waals surface area contributed by atoms with Crippen LogP contribution >= 0.6 is 0 Å². The van der Waals surface area contributed by atoms with Gasteiger partial charge in [0.2, 0.25) is 0 Å². The van der Waals surface area contributed by atoms with E-state index in [1.165, 1.54) is 5.56 Å². The highest BCUT2D eigenvalue weighted by molar-refractivity contribution is 5.18. The standard InChI is InChI=1S/C12H18N2O/c1-10-11(4-3-6-13-10)8-14-12(2)5-7-15-9-12/h3-4,6,14H,5,7-9H2,1-2H3. The molecule has 0 aliphatic carbocycles. The van der Waals surface area contributed by atoms with Crippen molar-refractivity contribution in [3.63, 3.8) is 0 Å². The third-order valence-electron chi connectivity index (χ3n) is 3.04. The topological polar surface area (TPSA) is 34.2 Å². The Morgan fingerprint density at radius 3 is 3.13 bits per heavy atom. The number of hydrogen-bond acceptors (Lipinski definition) is 3. The van der Waals surface area contributed by atoms with Gasteiger partial charge in [-0.05, 0) is 31.9 Å². The molecule has 15 heavy (non-hydrogen) atoms. The maximum absolute atomic E-state index is 5.40. The van der Waals surface area contributed by atoms with Gasteiger partial charge in [0.1, 0.15) is 0 Å². The van der Waals surface area contributed by atoms with Crippen molar-refractivity contribution in [2.24, 2.45) is 0 Å². The normalized spacial score (nSPS) is 25.7. The Hall–Kier alpha value is -0.930. The summed E-state index contributed by atoms with van der Waals surface area (Å²) < 4.78 is 5.40. The van der Waals surface area contributed by atoms with E-state index >= 15 is 0 Å². The van der Waals surface area contributed by atoms with Crippen molar-refractivity contribution in [1.29, 1.82) is 0 Å². The molecule has 1 aromatic rings. The molecule has 1 saturated heterocycles. The van der Waals surface area contributed by atoms with Crippen molar-refractivity contribution in [3.8, 4) is 0 Å².